The normalized spacial score (nSPS) is 27.3. The SMILES string of the molecule is O=C(NCC1(c2cccc(F)c2)CC1)C1CC(O)CN1. The van der Waals surface area contributed by atoms with Crippen molar-refractivity contribution in [2.45, 2.75) is 36.8 Å². The molecule has 2 atom stereocenters. The number of benzene rings is 1. The van der Waals surface area contributed by atoms with Gasteiger partial charge in [-0.25, -0.2) is 4.39 Å². The summed E-state index contributed by atoms with van der Waals surface area (Å²) in [4.78, 5) is 12.0. The van der Waals surface area contributed by atoms with Crippen molar-refractivity contribution in [1.82, 2.24) is 10.6 Å². The summed E-state index contributed by atoms with van der Waals surface area (Å²) in [6, 6.07) is 6.30. The van der Waals surface area contributed by atoms with Gasteiger partial charge in [-0.3, -0.25) is 4.79 Å². The van der Waals surface area contributed by atoms with Crippen LogP contribution in [0.15, 0.2) is 24.3 Å². The molecule has 1 saturated heterocycles. The fourth-order valence-electron chi connectivity index (χ4n) is 2.83. The Kier molecular flexibility index (Phi) is 3.48. The Morgan fingerprint density at radius 1 is 1.50 bits per heavy atom. The van der Waals surface area contributed by atoms with E-state index < -0.39 is 6.10 Å². The Labute approximate surface area is 117 Å². The fraction of sp³-hybridized carbons (Fsp3) is 0.533. The highest BCUT2D eigenvalue weighted by Crippen LogP contribution is 2.47. The van der Waals surface area contributed by atoms with E-state index in [0.29, 0.717) is 19.5 Å². The van der Waals surface area contributed by atoms with Crippen LogP contribution < -0.4 is 10.6 Å². The van der Waals surface area contributed by atoms with Crippen LogP contribution in [0.3, 0.4) is 0 Å². The topological polar surface area (TPSA) is 61.4 Å². The van der Waals surface area contributed by atoms with E-state index in [1.54, 1.807) is 12.1 Å². The molecule has 108 valence electrons. The van der Waals surface area contributed by atoms with E-state index in [1.165, 1.54) is 6.07 Å². The molecule has 1 saturated carbocycles. The first-order valence-corrected chi connectivity index (χ1v) is 7.04. The van der Waals surface area contributed by atoms with E-state index in [-0.39, 0.29) is 23.2 Å². The highest BCUT2D eigenvalue weighted by atomic mass is 19.1. The third-order valence-electron chi connectivity index (χ3n) is 4.32. The van der Waals surface area contributed by atoms with E-state index in [2.05, 4.69) is 10.6 Å². The molecule has 0 spiro atoms. The summed E-state index contributed by atoms with van der Waals surface area (Å²) >= 11 is 0. The summed E-state index contributed by atoms with van der Waals surface area (Å²) in [5.41, 5.74) is 0.854. The lowest BCUT2D eigenvalue weighted by atomic mass is 9.95. The van der Waals surface area contributed by atoms with Crippen molar-refractivity contribution in [2.24, 2.45) is 0 Å². The highest BCUT2D eigenvalue weighted by molar-refractivity contribution is 5.82. The molecule has 1 amide bonds. The summed E-state index contributed by atoms with van der Waals surface area (Å²) in [5.74, 6) is -0.315. The number of aliphatic hydroxyl groups is 1. The molecule has 1 heterocycles. The number of hydrogen-bond acceptors (Lipinski definition) is 3. The second-order valence-electron chi connectivity index (χ2n) is 5.86. The Balaban J connectivity index is 1.59. The van der Waals surface area contributed by atoms with Gasteiger partial charge in [-0.15, -0.1) is 0 Å². The van der Waals surface area contributed by atoms with Gasteiger partial charge < -0.3 is 15.7 Å². The molecule has 3 N–H and O–H groups in total. The second-order valence-corrected chi connectivity index (χ2v) is 5.86. The Hall–Kier alpha value is -1.46. The minimum atomic E-state index is -0.441. The predicted octanol–water partition coefficient (Wildman–Crippen LogP) is 0.696. The second kappa shape index (κ2) is 5.14. The molecule has 20 heavy (non-hydrogen) atoms. The summed E-state index contributed by atoms with van der Waals surface area (Å²) in [7, 11) is 0. The van der Waals surface area contributed by atoms with Crippen molar-refractivity contribution in [3.05, 3.63) is 35.6 Å². The predicted molar refractivity (Wildman–Crippen MR) is 72.7 cm³/mol. The van der Waals surface area contributed by atoms with E-state index >= 15 is 0 Å². The van der Waals surface area contributed by atoms with Crippen LogP contribution in [0.25, 0.3) is 0 Å². The Morgan fingerprint density at radius 2 is 2.30 bits per heavy atom. The van der Waals surface area contributed by atoms with E-state index in [9.17, 15) is 14.3 Å². The maximum absolute atomic E-state index is 13.3. The van der Waals surface area contributed by atoms with Gasteiger partial charge in [0.25, 0.3) is 0 Å². The molecule has 2 aliphatic rings. The number of hydrogen-bond donors (Lipinski definition) is 3. The lowest BCUT2D eigenvalue weighted by Crippen LogP contribution is -2.43. The van der Waals surface area contributed by atoms with Crippen molar-refractivity contribution in [2.75, 3.05) is 13.1 Å². The zero-order valence-corrected chi connectivity index (χ0v) is 11.2. The van der Waals surface area contributed by atoms with Gasteiger partial charge in [0.2, 0.25) is 5.91 Å². The third-order valence-corrected chi connectivity index (χ3v) is 4.32. The van der Waals surface area contributed by atoms with Gasteiger partial charge in [-0.1, -0.05) is 12.1 Å². The molecule has 2 fully saturated rings. The van der Waals surface area contributed by atoms with Crippen LogP contribution in [0.5, 0.6) is 0 Å². The third kappa shape index (κ3) is 2.69. The average molecular weight is 278 g/mol. The first kappa shape index (κ1) is 13.5. The van der Waals surface area contributed by atoms with Crippen LogP contribution in [-0.4, -0.2) is 36.2 Å². The smallest absolute Gasteiger partial charge is 0.237 e. The van der Waals surface area contributed by atoms with E-state index in [4.69, 9.17) is 0 Å². The van der Waals surface area contributed by atoms with Crippen LogP contribution in [0, 0.1) is 5.82 Å². The summed E-state index contributed by atoms with van der Waals surface area (Å²) in [6.45, 7) is 0.997. The van der Waals surface area contributed by atoms with Crippen LogP contribution in [0.4, 0.5) is 4.39 Å². The van der Waals surface area contributed by atoms with Crippen molar-refractivity contribution in [1.29, 1.82) is 0 Å². The lowest BCUT2D eigenvalue weighted by molar-refractivity contribution is -0.123. The van der Waals surface area contributed by atoms with Crippen LogP contribution >= 0.6 is 0 Å². The minimum Gasteiger partial charge on any atom is -0.392 e. The molecule has 3 rings (SSSR count). The first-order chi connectivity index (χ1) is 9.59. The zero-order valence-electron chi connectivity index (χ0n) is 11.2. The molecular weight excluding hydrogens is 259 g/mol. The Bertz CT molecular complexity index is 516. The zero-order chi connectivity index (χ0) is 14.2. The highest BCUT2D eigenvalue weighted by Gasteiger charge is 2.45. The molecular formula is C15H19FN2O2. The molecule has 4 nitrogen and oxygen atoms in total. The Morgan fingerprint density at radius 3 is 2.90 bits per heavy atom. The van der Waals surface area contributed by atoms with Gasteiger partial charge in [0, 0.05) is 18.5 Å². The lowest BCUT2D eigenvalue weighted by Gasteiger charge is -2.18. The first-order valence-electron chi connectivity index (χ1n) is 7.04. The molecule has 5 heteroatoms. The van der Waals surface area contributed by atoms with Crippen LogP contribution in [-0.2, 0) is 10.2 Å². The van der Waals surface area contributed by atoms with Gasteiger partial charge in [-0.2, -0.15) is 0 Å². The number of amides is 1. The quantitative estimate of drug-likeness (QED) is 0.759. The molecule has 1 aliphatic carbocycles. The average Bonchev–Trinajstić information content (AvgIpc) is 3.11. The standard InChI is InChI=1S/C15H19FN2O2/c16-11-3-1-2-10(6-11)15(4-5-15)9-18-14(20)13-7-12(19)8-17-13/h1-3,6,12-13,17,19H,4-5,7-9H2,(H,18,20). The number of rotatable bonds is 4. The summed E-state index contributed by atoms with van der Waals surface area (Å²) < 4.78 is 13.3. The molecule has 0 aromatic heterocycles. The maximum Gasteiger partial charge on any atom is 0.237 e. The van der Waals surface area contributed by atoms with Gasteiger partial charge in [-0.05, 0) is 37.0 Å². The monoisotopic (exact) mass is 278 g/mol. The van der Waals surface area contributed by atoms with Gasteiger partial charge in [0.15, 0.2) is 0 Å². The molecule has 2 unspecified atom stereocenters. The fourth-order valence-corrected chi connectivity index (χ4v) is 2.83. The minimum absolute atomic E-state index is 0.0794. The molecule has 1 aliphatic heterocycles. The molecule has 1 aromatic rings. The maximum atomic E-state index is 13.3. The van der Waals surface area contributed by atoms with Gasteiger partial charge >= 0.3 is 0 Å². The largest absolute Gasteiger partial charge is 0.392 e. The number of nitrogens with one attached hydrogen (secondary N) is 2. The molecule has 1 aromatic carbocycles. The number of aliphatic hydroxyl groups excluding tert-OH is 1. The summed E-state index contributed by atoms with van der Waals surface area (Å²) in [5, 5.41) is 15.3. The van der Waals surface area contributed by atoms with E-state index in [0.717, 1.165) is 18.4 Å². The van der Waals surface area contributed by atoms with E-state index in [1.807, 2.05) is 6.07 Å². The van der Waals surface area contributed by atoms with Crippen molar-refractivity contribution < 1.29 is 14.3 Å². The molecule has 0 radical (unpaired) electrons. The van der Waals surface area contributed by atoms with Gasteiger partial charge in [0.1, 0.15) is 5.82 Å². The van der Waals surface area contributed by atoms with Crippen molar-refractivity contribution in [3.8, 4) is 0 Å². The van der Waals surface area contributed by atoms with Gasteiger partial charge in [0.05, 0.1) is 12.1 Å². The number of halogens is 1. The van der Waals surface area contributed by atoms with Crippen molar-refractivity contribution >= 4 is 5.91 Å². The van der Waals surface area contributed by atoms with Crippen molar-refractivity contribution in [3.63, 3.8) is 0 Å². The number of carbonyl (C=O) groups excluding carboxylic acids is 1. The van der Waals surface area contributed by atoms with Crippen LogP contribution in [0.2, 0.25) is 0 Å². The summed E-state index contributed by atoms with van der Waals surface area (Å²) in [6.07, 6.45) is 1.96. The van der Waals surface area contributed by atoms with Crippen LogP contribution in [0.1, 0.15) is 24.8 Å². The number of β-amino-alcohol motifs (C(OH)–C–C–N with tert-alkyl or cyclic N) is 1. The molecule has 0 bridgehead atoms. The number of carbonyl (C=O) groups is 1.